The van der Waals surface area contributed by atoms with Crippen molar-refractivity contribution in [3.8, 4) is 5.75 Å². The molecule has 8 heteroatoms. The first-order valence-electron chi connectivity index (χ1n) is 9.51. The highest BCUT2D eigenvalue weighted by Gasteiger charge is 2.31. The molecule has 1 saturated heterocycles. The number of hydrogen-bond donors (Lipinski definition) is 1. The van der Waals surface area contributed by atoms with Crippen LogP contribution >= 0.6 is 0 Å². The minimum atomic E-state index is -3.56. The van der Waals surface area contributed by atoms with Gasteiger partial charge in [-0.25, -0.2) is 8.42 Å². The summed E-state index contributed by atoms with van der Waals surface area (Å²) in [6.07, 6.45) is 1.75. The first-order valence-corrected chi connectivity index (χ1v) is 10.9. The fourth-order valence-corrected chi connectivity index (χ4v) is 5.15. The SMILES string of the molecule is CCOc1ccc(CNC(=O)c2cc(S(=O)(=O)N3CCCC3)c(C)n2C)cc1. The number of nitrogens with zero attached hydrogens (tertiary/aromatic N) is 2. The van der Waals surface area contributed by atoms with Crippen LogP contribution in [0.3, 0.4) is 0 Å². The fraction of sp³-hybridized carbons (Fsp3) is 0.450. The number of carbonyl (C=O) groups is 1. The molecule has 2 aromatic rings. The zero-order valence-electron chi connectivity index (χ0n) is 16.6. The fourth-order valence-electron chi connectivity index (χ4n) is 3.36. The second kappa shape index (κ2) is 8.36. The normalized spacial score (nSPS) is 15.0. The highest BCUT2D eigenvalue weighted by molar-refractivity contribution is 7.89. The summed E-state index contributed by atoms with van der Waals surface area (Å²) in [4.78, 5) is 12.9. The molecule has 0 aliphatic carbocycles. The van der Waals surface area contributed by atoms with E-state index in [2.05, 4.69) is 5.32 Å². The molecule has 1 aliphatic heterocycles. The number of aromatic nitrogens is 1. The summed E-state index contributed by atoms with van der Waals surface area (Å²) in [5.41, 5.74) is 1.84. The van der Waals surface area contributed by atoms with E-state index in [0.29, 0.717) is 37.6 Å². The van der Waals surface area contributed by atoms with Gasteiger partial charge in [-0.2, -0.15) is 4.31 Å². The van der Waals surface area contributed by atoms with Crippen LogP contribution in [-0.4, -0.2) is 42.9 Å². The van der Waals surface area contributed by atoms with Crippen LogP contribution in [-0.2, 0) is 23.6 Å². The summed E-state index contributed by atoms with van der Waals surface area (Å²) >= 11 is 0. The predicted octanol–water partition coefficient (Wildman–Crippen LogP) is 2.45. The van der Waals surface area contributed by atoms with Crippen LogP contribution in [0.15, 0.2) is 35.2 Å². The third-order valence-corrected chi connectivity index (χ3v) is 7.11. The van der Waals surface area contributed by atoms with E-state index in [-0.39, 0.29) is 10.8 Å². The van der Waals surface area contributed by atoms with E-state index in [9.17, 15) is 13.2 Å². The Morgan fingerprint density at radius 1 is 1.18 bits per heavy atom. The second-order valence-electron chi connectivity index (χ2n) is 6.91. The van der Waals surface area contributed by atoms with E-state index in [0.717, 1.165) is 24.2 Å². The van der Waals surface area contributed by atoms with Crippen LogP contribution in [0.5, 0.6) is 5.75 Å². The average molecular weight is 406 g/mol. The van der Waals surface area contributed by atoms with Crippen molar-refractivity contribution in [1.82, 2.24) is 14.2 Å². The van der Waals surface area contributed by atoms with Crippen molar-refractivity contribution in [1.29, 1.82) is 0 Å². The topological polar surface area (TPSA) is 80.6 Å². The maximum absolute atomic E-state index is 12.9. The molecular formula is C20H27N3O4S. The third-order valence-electron chi connectivity index (χ3n) is 5.09. The predicted molar refractivity (Wildman–Crippen MR) is 107 cm³/mol. The van der Waals surface area contributed by atoms with Crippen molar-refractivity contribution < 1.29 is 17.9 Å². The van der Waals surface area contributed by atoms with Gasteiger partial charge in [-0.05, 0) is 50.5 Å². The lowest BCUT2D eigenvalue weighted by atomic mass is 10.2. The first-order chi connectivity index (χ1) is 13.3. The molecule has 1 amide bonds. The van der Waals surface area contributed by atoms with E-state index in [1.807, 2.05) is 31.2 Å². The highest BCUT2D eigenvalue weighted by Crippen LogP contribution is 2.26. The quantitative estimate of drug-likeness (QED) is 0.767. The number of benzene rings is 1. The lowest BCUT2D eigenvalue weighted by Gasteiger charge is -2.15. The van der Waals surface area contributed by atoms with Gasteiger partial charge in [-0.15, -0.1) is 0 Å². The Bertz CT molecular complexity index is 943. The van der Waals surface area contributed by atoms with Crippen LogP contribution in [0.1, 0.15) is 41.5 Å². The molecular weight excluding hydrogens is 378 g/mol. The molecule has 0 unspecified atom stereocenters. The number of ether oxygens (including phenoxy) is 1. The number of rotatable bonds is 7. The van der Waals surface area contributed by atoms with Crippen molar-refractivity contribution in [2.45, 2.75) is 38.1 Å². The van der Waals surface area contributed by atoms with E-state index in [1.165, 1.54) is 10.4 Å². The van der Waals surface area contributed by atoms with Crippen molar-refractivity contribution in [2.24, 2.45) is 7.05 Å². The van der Waals surface area contributed by atoms with Gasteiger partial charge in [0.1, 0.15) is 16.3 Å². The summed E-state index contributed by atoms with van der Waals surface area (Å²) in [5, 5.41) is 2.86. The molecule has 3 rings (SSSR count). The maximum Gasteiger partial charge on any atom is 0.268 e. The van der Waals surface area contributed by atoms with Crippen LogP contribution < -0.4 is 10.1 Å². The van der Waals surface area contributed by atoms with Gasteiger partial charge in [0.05, 0.1) is 6.61 Å². The average Bonchev–Trinajstić information content (AvgIpc) is 3.32. The van der Waals surface area contributed by atoms with Gasteiger partial charge in [0, 0.05) is 32.4 Å². The molecule has 1 aromatic carbocycles. The summed E-state index contributed by atoms with van der Waals surface area (Å²) in [7, 11) is -1.85. The number of amides is 1. The number of carbonyl (C=O) groups excluding carboxylic acids is 1. The molecule has 0 radical (unpaired) electrons. The molecule has 7 nitrogen and oxygen atoms in total. The van der Waals surface area contributed by atoms with Crippen molar-refractivity contribution in [2.75, 3.05) is 19.7 Å². The largest absolute Gasteiger partial charge is 0.494 e. The molecule has 2 heterocycles. The summed E-state index contributed by atoms with van der Waals surface area (Å²) in [5.74, 6) is 0.481. The van der Waals surface area contributed by atoms with E-state index in [4.69, 9.17) is 4.74 Å². The maximum atomic E-state index is 12.9. The smallest absolute Gasteiger partial charge is 0.268 e. The molecule has 0 saturated carbocycles. The molecule has 0 spiro atoms. The molecule has 1 aliphatic rings. The van der Waals surface area contributed by atoms with Gasteiger partial charge < -0.3 is 14.6 Å². The van der Waals surface area contributed by atoms with E-state index < -0.39 is 10.0 Å². The number of hydrogen-bond acceptors (Lipinski definition) is 4. The van der Waals surface area contributed by atoms with Gasteiger partial charge in [0.2, 0.25) is 10.0 Å². The molecule has 1 aromatic heterocycles. The Hall–Kier alpha value is -2.32. The minimum absolute atomic E-state index is 0.211. The molecule has 28 heavy (non-hydrogen) atoms. The lowest BCUT2D eigenvalue weighted by molar-refractivity contribution is 0.0942. The standard InChI is InChI=1S/C20H27N3O4S/c1-4-27-17-9-7-16(8-10-17)14-21-20(24)18-13-19(15(2)22(18)3)28(25,26)23-11-5-6-12-23/h7-10,13H,4-6,11-12,14H2,1-3H3,(H,21,24). The molecule has 1 N–H and O–H groups in total. The summed E-state index contributed by atoms with van der Waals surface area (Å²) in [6, 6.07) is 8.99. The van der Waals surface area contributed by atoms with E-state index in [1.54, 1.807) is 18.5 Å². The Morgan fingerprint density at radius 2 is 1.82 bits per heavy atom. The molecule has 1 fully saturated rings. The van der Waals surface area contributed by atoms with Crippen LogP contribution in [0.4, 0.5) is 0 Å². The molecule has 0 bridgehead atoms. The Morgan fingerprint density at radius 3 is 2.43 bits per heavy atom. The second-order valence-corrected chi connectivity index (χ2v) is 8.82. The van der Waals surface area contributed by atoms with Gasteiger partial charge in [0.25, 0.3) is 5.91 Å². The van der Waals surface area contributed by atoms with Crippen LogP contribution in [0, 0.1) is 6.92 Å². The number of nitrogens with one attached hydrogen (secondary N) is 1. The highest BCUT2D eigenvalue weighted by atomic mass is 32.2. The number of sulfonamides is 1. The van der Waals surface area contributed by atoms with Gasteiger partial charge in [-0.1, -0.05) is 12.1 Å². The first kappa shape index (κ1) is 20.4. The third kappa shape index (κ3) is 4.07. The Balaban J connectivity index is 1.73. The van der Waals surface area contributed by atoms with Crippen molar-refractivity contribution >= 4 is 15.9 Å². The van der Waals surface area contributed by atoms with Gasteiger partial charge >= 0.3 is 0 Å². The van der Waals surface area contributed by atoms with Gasteiger partial charge in [0.15, 0.2) is 0 Å². The zero-order chi connectivity index (χ0) is 20.3. The van der Waals surface area contributed by atoms with Crippen molar-refractivity contribution in [3.63, 3.8) is 0 Å². The molecule has 0 atom stereocenters. The van der Waals surface area contributed by atoms with E-state index >= 15 is 0 Å². The van der Waals surface area contributed by atoms with Crippen molar-refractivity contribution in [3.05, 3.63) is 47.3 Å². The molecule has 152 valence electrons. The lowest BCUT2D eigenvalue weighted by Crippen LogP contribution is -2.28. The Kier molecular flexibility index (Phi) is 6.10. The minimum Gasteiger partial charge on any atom is -0.494 e. The van der Waals surface area contributed by atoms with Crippen LogP contribution in [0.2, 0.25) is 0 Å². The zero-order valence-corrected chi connectivity index (χ0v) is 17.4. The summed E-state index contributed by atoms with van der Waals surface area (Å²) < 4.78 is 34.3. The summed E-state index contributed by atoms with van der Waals surface area (Å²) in [6.45, 7) is 5.68. The Labute approximate surface area is 166 Å². The van der Waals surface area contributed by atoms with Gasteiger partial charge in [-0.3, -0.25) is 4.79 Å². The van der Waals surface area contributed by atoms with Crippen LogP contribution in [0.25, 0.3) is 0 Å². The monoisotopic (exact) mass is 405 g/mol.